The Morgan fingerprint density at radius 2 is 1.14 bits per heavy atom. The third-order valence-electron chi connectivity index (χ3n) is 15.3. The van der Waals surface area contributed by atoms with Gasteiger partial charge in [-0.2, -0.15) is 0 Å². The Bertz CT molecular complexity index is 2030. The molecular weight excluding hydrogens is 975 g/mol. The minimum Gasteiger partial charge on any atom is -0.497 e. The van der Waals surface area contributed by atoms with Crippen LogP contribution in [0.5, 0.6) is 11.5 Å². The summed E-state index contributed by atoms with van der Waals surface area (Å²) in [6.45, 7) is 13.1. The zero-order valence-electron chi connectivity index (χ0n) is 48.1. The number of carbonyl (C=O) groups excluding carboxylic acids is 3. The van der Waals surface area contributed by atoms with Gasteiger partial charge < -0.3 is 43.3 Å². The van der Waals surface area contributed by atoms with Crippen LogP contribution >= 0.6 is 0 Å². The zero-order valence-corrected chi connectivity index (χ0v) is 49.1. The number of aryl methyl sites for hydroxylation is 2. The number of aliphatic hydroxyl groups is 1. The minimum atomic E-state index is -2.31. The fourth-order valence-corrected chi connectivity index (χ4v) is 10.4. The number of ether oxygens (including phenoxy) is 6. The van der Waals surface area contributed by atoms with Crippen molar-refractivity contribution in [3.8, 4) is 11.5 Å². The molecule has 0 bridgehead atoms. The first kappa shape index (κ1) is 64.3. The maximum Gasteiger partial charge on any atom is 0.306 e. The van der Waals surface area contributed by atoms with Gasteiger partial charge in [-0.05, 0) is 110 Å². The maximum absolute atomic E-state index is 14.4. The van der Waals surface area contributed by atoms with E-state index in [1.807, 2.05) is 54.6 Å². The molecule has 3 aromatic rings. The van der Waals surface area contributed by atoms with Crippen LogP contribution in [0.2, 0.25) is 18.1 Å². The number of carbonyl (C=O) groups is 3. The van der Waals surface area contributed by atoms with Gasteiger partial charge >= 0.3 is 11.9 Å². The van der Waals surface area contributed by atoms with Crippen molar-refractivity contribution in [2.24, 2.45) is 0 Å². The van der Waals surface area contributed by atoms with E-state index in [0.29, 0.717) is 19.3 Å². The fraction of sp³-hybridized carbons (Fsp3) is 0.667. The second-order valence-electron chi connectivity index (χ2n) is 22.6. The molecule has 3 aromatic carbocycles. The Balaban J connectivity index is 1.44. The van der Waals surface area contributed by atoms with Crippen LogP contribution in [0.4, 0.5) is 0 Å². The number of esters is 2. The molecule has 0 unspecified atom stereocenters. The van der Waals surface area contributed by atoms with Crippen molar-refractivity contribution >= 4 is 26.2 Å². The lowest BCUT2D eigenvalue weighted by atomic mass is 9.96. The van der Waals surface area contributed by atoms with E-state index in [9.17, 15) is 19.5 Å². The largest absolute Gasteiger partial charge is 0.497 e. The first-order valence-electron chi connectivity index (χ1n) is 29.2. The highest BCUT2D eigenvalue weighted by atomic mass is 28.4. The van der Waals surface area contributed by atoms with Gasteiger partial charge in [-0.15, -0.1) is 0 Å². The highest BCUT2D eigenvalue weighted by molar-refractivity contribution is 6.74. The SMILES string of the molecule is CCCCCCCCCCC[C@@H](CC(=O)N[C@H]1[C@H](OCc2ccccc2)O[C@H](CO[Si](C)(C)C(C)(C)C)[C@@H](O)[C@@H]1OC(=O)CCCCCCCc1ccc(OC)cc1)OC(=O)CCCCCCCc1ccc(OC)cc1. The molecule has 0 saturated carbocycles. The van der Waals surface area contributed by atoms with Crippen molar-refractivity contribution in [3.05, 3.63) is 95.6 Å². The fourth-order valence-electron chi connectivity index (χ4n) is 9.38. The van der Waals surface area contributed by atoms with Crippen molar-refractivity contribution < 1.29 is 52.3 Å². The molecule has 1 heterocycles. The molecule has 1 fully saturated rings. The molecule has 426 valence electrons. The summed E-state index contributed by atoms with van der Waals surface area (Å²) in [5, 5.41) is 15.1. The number of benzene rings is 3. The molecule has 12 nitrogen and oxygen atoms in total. The van der Waals surface area contributed by atoms with Crippen LogP contribution in [-0.2, 0) is 57.2 Å². The van der Waals surface area contributed by atoms with Crippen LogP contribution in [0.1, 0.15) is 192 Å². The van der Waals surface area contributed by atoms with Crippen LogP contribution in [0.15, 0.2) is 78.9 Å². The Kier molecular flexibility index (Phi) is 30.4. The standard InChI is InChI=1S/C63H99NO11Si/c1-9-10-11-12-13-14-15-20-28-35-54(73-57(66)36-29-21-16-18-24-31-49-38-42-52(69-5)43-39-49)46-56(65)64-59-61(75-58(67)37-30-22-17-19-25-32-50-40-44-53(70-6)45-41-50)60(68)55(48-72-76(7,8)63(2,3)4)74-62(59)71-47-51-33-26-23-27-34-51/h23,26-27,33-34,38-45,54-55,59-62,68H,9-22,24-25,28-32,35-37,46-48H2,1-8H3,(H,64,65)/t54-,55+,59+,60+,61+,62+/m0/s1. The second kappa shape index (κ2) is 36.0. The molecule has 1 aliphatic heterocycles. The maximum atomic E-state index is 14.4. The molecule has 0 aliphatic carbocycles. The van der Waals surface area contributed by atoms with E-state index >= 15 is 0 Å². The van der Waals surface area contributed by atoms with E-state index in [2.05, 4.69) is 70.4 Å². The molecule has 0 aromatic heterocycles. The summed E-state index contributed by atoms with van der Waals surface area (Å²) in [6.07, 6.45) is 17.3. The van der Waals surface area contributed by atoms with Gasteiger partial charge in [0, 0.05) is 12.8 Å². The molecule has 0 radical (unpaired) electrons. The van der Waals surface area contributed by atoms with Crippen LogP contribution in [0.3, 0.4) is 0 Å². The lowest BCUT2D eigenvalue weighted by molar-refractivity contribution is -0.276. The van der Waals surface area contributed by atoms with E-state index in [-0.39, 0.29) is 43.5 Å². The topological polar surface area (TPSA) is 148 Å². The zero-order chi connectivity index (χ0) is 55.0. The van der Waals surface area contributed by atoms with E-state index in [4.69, 9.17) is 32.8 Å². The summed E-state index contributed by atoms with van der Waals surface area (Å²) in [7, 11) is 1.03. The number of rotatable bonds is 39. The summed E-state index contributed by atoms with van der Waals surface area (Å²) in [6, 6.07) is 24.9. The van der Waals surface area contributed by atoms with Crippen molar-refractivity contribution in [1.82, 2.24) is 5.32 Å². The molecule has 1 saturated heterocycles. The Morgan fingerprint density at radius 3 is 1.67 bits per heavy atom. The Morgan fingerprint density at radius 1 is 0.645 bits per heavy atom. The van der Waals surface area contributed by atoms with Gasteiger partial charge in [0.25, 0.3) is 0 Å². The third-order valence-corrected chi connectivity index (χ3v) is 19.8. The Hall–Kier alpha value is -4.27. The average molecular weight is 1070 g/mol. The van der Waals surface area contributed by atoms with Crippen molar-refractivity contribution in [2.75, 3.05) is 20.8 Å². The summed E-state index contributed by atoms with van der Waals surface area (Å²) in [5.74, 6) is 0.521. The molecule has 2 N–H and O–H groups in total. The minimum absolute atomic E-state index is 0.0502. The number of nitrogens with one attached hydrogen (secondary N) is 1. The highest BCUT2D eigenvalue weighted by Gasteiger charge is 2.50. The lowest BCUT2D eigenvalue weighted by Crippen LogP contribution is -2.66. The number of unbranched alkanes of at least 4 members (excludes halogenated alkanes) is 16. The first-order chi connectivity index (χ1) is 36.6. The van der Waals surface area contributed by atoms with E-state index in [1.54, 1.807) is 14.2 Å². The van der Waals surface area contributed by atoms with Crippen molar-refractivity contribution in [1.29, 1.82) is 0 Å². The second-order valence-corrected chi connectivity index (χ2v) is 27.4. The van der Waals surface area contributed by atoms with Gasteiger partial charge in [-0.3, -0.25) is 14.4 Å². The lowest BCUT2D eigenvalue weighted by Gasteiger charge is -2.45. The molecule has 0 spiro atoms. The van der Waals surface area contributed by atoms with Gasteiger partial charge in [0.2, 0.25) is 5.91 Å². The van der Waals surface area contributed by atoms with Gasteiger partial charge in [-0.25, -0.2) is 0 Å². The molecule has 76 heavy (non-hydrogen) atoms. The third kappa shape index (κ3) is 25.0. The van der Waals surface area contributed by atoms with Gasteiger partial charge in [0.1, 0.15) is 35.9 Å². The molecule has 6 atom stereocenters. The summed E-state index contributed by atoms with van der Waals surface area (Å²) < 4.78 is 42.6. The first-order valence-corrected chi connectivity index (χ1v) is 32.1. The van der Waals surface area contributed by atoms with E-state index in [1.165, 1.54) is 43.2 Å². The number of hydrogen-bond donors (Lipinski definition) is 2. The van der Waals surface area contributed by atoms with Gasteiger partial charge in [0.15, 0.2) is 20.7 Å². The average Bonchev–Trinajstić information content (AvgIpc) is 3.41. The molecule has 4 rings (SSSR count). The summed E-state index contributed by atoms with van der Waals surface area (Å²) >= 11 is 0. The van der Waals surface area contributed by atoms with E-state index in [0.717, 1.165) is 107 Å². The smallest absolute Gasteiger partial charge is 0.306 e. The van der Waals surface area contributed by atoms with Crippen molar-refractivity contribution in [3.63, 3.8) is 0 Å². The normalized spacial score (nSPS) is 18.2. The predicted octanol–water partition coefficient (Wildman–Crippen LogP) is 14.1. The molecular formula is C63H99NO11Si. The van der Waals surface area contributed by atoms with Gasteiger partial charge in [-0.1, -0.05) is 172 Å². The number of amides is 1. The van der Waals surface area contributed by atoms with Crippen molar-refractivity contribution in [2.45, 2.75) is 250 Å². The van der Waals surface area contributed by atoms with Gasteiger partial charge in [0.05, 0.1) is 33.9 Å². The molecule has 13 heteroatoms. The summed E-state index contributed by atoms with van der Waals surface area (Å²) in [4.78, 5) is 41.7. The van der Waals surface area contributed by atoms with Crippen LogP contribution in [0.25, 0.3) is 0 Å². The Labute approximate surface area is 459 Å². The van der Waals surface area contributed by atoms with Crippen LogP contribution in [-0.4, -0.2) is 88.8 Å². The summed E-state index contributed by atoms with van der Waals surface area (Å²) in [5.41, 5.74) is 3.44. The number of methoxy groups -OCH3 is 2. The van der Waals surface area contributed by atoms with E-state index < -0.39 is 56.9 Å². The predicted molar refractivity (Wildman–Crippen MR) is 306 cm³/mol. The monoisotopic (exact) mass is 1070 g/mol. The number of aliphatic hydroxyl groups excluding tert-OH is 1. The van der Waals surface area contributed by atoms with Crippen LogP contribution < -0.4 is 14.8 Å². The van der Waals surface area contributed by atoms with Crippen LogP contribution in [0, 0.1) is 0 Å². The molecule has 1 amide bonds. The number of hydrogen-bond acceptors (Lipinski definition) is 11. The molecule has 1 aliphatic rings. The quantitative estimate of drug-likeness (QED) is 0.0319. The highest BCUT2D eigenvalue weighted by Crippen LogP contribution is 2.37.